The number of para-hydroxylation sites is 1. The summed E-state index contributed by atoms with van der Waals surface area (Å²) < 4.78 is 5.99. The maximum atomic E-state index is 12.4. The molecule has 1 fully saturated rings. The summed E-state index contributed by atoms with van der Waals surface area (Å²) in [5, 5.41) is 4.66. The number of benzene rings is 3. The molecule has 28 heavy (non-hydrogen) atoms. The molecule has 0 aromatic heterocycles. The molecule has 1 heterocycles. The fraction of sp³-hybridized carbons (Fsp3) is 0.136. The van der Waals surface area contributed by atoms with Crippen molar-refractivity contribution in [3.8, 4) is 16.9 Å². The van der Waals surface area contributed by atoms with Crippen LogP contribution >= 0.6 is 0 Å². The molecule has 1 aliphatic rings. The van der Waals surface area contributed by atoms with Crippen LogP contribution in [0.15, 0.2) is 78.9 Å². The number of nitrogens with zero attached hydrogens (tertiary/aromatic N) is 3. The first-order valence-electron chi connectivity index (χ1n) is 9.07. The molecule has 3 aromatic rings. The molecule has 1 N–H and O–H groups in total. The quantitative estimate of drug-likeness (QED) is 0.731. The second-order valence-electron chi connectivity index (χ2n) is 6.58. The van der Waals surface area contributed by atoms with Gasteiger partial charge in [-0.15, -0.1) is 10.7 Å². The fourth-order valence-corrected chi connectivity index (χ4v) is 3.21. The van der Waals surface area contributed by atoms with Gasteiger partial charge in [0.25, 0.3) is 0 Å². The van der Waals surface area contributed by atoms with Gasteiger partial charge in [-0.25, -0.2) is 14.8 Å². The molecule has 4 rings (SSSR count). The summed E-state index contributed by atoms with van der Waals surface area (Å²) in [4.78, 5) is 12.4. The van der Waals surface area contributed by atoms with Crippen LogP contribution < -0.4 is 15.3 Å². The molecule has 0 atom stereocenters. The number of ether oxygens (including phenoxy) is 1. The Balaban J connectivity index is 1.49. The maximum Gasteiger partial charge on any atom is 0.355 e. The van der Waals surface area contributed by atoms with E-state index in [0.29, 0.717) is 6.61 Å². The van der Waals surface area contributed by atoms with E-state index in [1.165, 1.54) is 10.6 Å². The van der Waals surface area contributed by atoms with Gasteiger partial charge in [0.2, 0.25) is 0 Å². The molecule has 0 aliphatic carbocycles. The highest BCUT2D eigenvalue weighted by atomic mass is 16.5. The van der Waals surface area contributed by atoms with Gasteiger partial charge in [-0.2, -0.15) is 0 Å². The average molecular weight is 374 g/mol. The zero-order valence-electron chi connectivity index (χ0n) is 15.9. The number of anilines is 1. The van der Waals surface area contributed by atoms with Crippen LogP contribution in [0.3, 0.4) is 0 Å². The zero-order chi connectivity index (χ0) is 19.5. The molecular formula is C22H22N4O2. The number of rotatable bonds is 5. The number of carbonyl (C=O) groups is 1. The Morgan fingerprint density at radius 2 is 1.46 bits per heavy atom. The van der Waals surface area contributed by atoms with Crippen molar-refractivity contribution in [3.63, 3.8) is 0 Å². The molecule has 1 saturated heterocycles. The first kappa shape index (κ1) is 18.0. The van der Waals surface area contributed by atoms with Gasteiger partial charge >= 0.3 is 6.03 Å². The minimum absolute atomic E-state index is 0.151. The predicted octanol–water partition coefficient (Wildman–Crippen LogP) is 4.07. The van der Waals surface area contributed by atoms with Crippen LogP contribution in [0.25, 0.3) is 11.1 Å². The molecule has 3 aromatic carbocycles. The second kappa shape index (κ2) is 7.72. The molecule has 0 saturated carbocycles. The molecule has 1 aliphatic heterocycles. The van der Waals surface area contributed by atoms with Crippen LogP contribution in [0.4, 0.5) is 10.5 Å². The van der Waals surface area contributed by atoms with Crippen molar-refractivity contribution >= 4 is 11.7 Å². The highest BCUT2D eigenvalue weighted by Gasteiger charge is 2.33. The van der Waals surface area contributed by atoms with E-state index < -0.39 is 0 Å². The lowest BCUT2D eigenvalue weighted by atomic mass is 10.1. The van der Waals surface area contributed by atoms with E-state index >= 15 is 0 Å². The number of hydrogen-bond donors (Lipinski definition) is 1. The monoisotopic (exact) mass is 374 g/mol. The number of hydrogen-bond acceptors (Lipinski definition) is 4. The predicted molar refractivity (Wildman–Crippen MR) is 109 cm³/mol. The van der Waals surface area contributed by atoms with Gasteiger partial charge in [-0.05, 0) is 29.3 Å². The Labute approximate surface area is 164 Å². The van der Waals surface area contributed by atoms with Crippen molar-refractivity contribution in [3.05, 3.63) is 84.4 Å². The highest BCUT2D eigenvalue weighted by molar-refractivity contribution is 5.92. The van der Waals surface area contributed by atoms with Crippen LogP contribution in [-0.4, -0.2) is 30.3 Å². The lowest BCUT2D eigenvalue weighted by Gasteiger charge is -2.23. The molecule has 0 spiro atoms. The third kappa shape index (κ3) is 3.55. The van der Waals surface area contributed by atoms with Crippen molar-refractivity contribution in [2.45, 2.75) is 6.61 Å². The van der Waals surface area contributed by atoms with Crippen LogP contribution in [0, 0.1) is 0 Å². The third-order valence-corrected chi connectivity index (χ3v) is 4.64. The van der Waals surface area contributed by atoms with Crippen LogP contribution in [0.5, 0.6) is 5.75 Å². The largest absolute Gasteiger partial charge is 0.489 e. The standard InChI is InChI=1S/C22H22N4O2/c1-24-22(27)26(25(2)23-24)21-11-7-6-10-19(21)16-28-20-14-12-18(13-15-20)17-8-4-3-5-9-17/h3-15,23H,16H2,1-2H3. The lowest BCUT2D eigenvalue weighted by Crippen LogP contribution is -2.40. The fourth-order valence-electron chi connectivity index (χ4n) is 3.21. The SMILES string of the molecule is CN1NN(C)N(c2ccccc2COc2ccc(-c3ccccc3)cc2)C1=O. The molecule has 0 bridgehead atoms. The van der Waals surface area contributed by atoms with Gasteiger partial charge in [0, 0.05) is 19.7 Å². The van der Waals surface area contributed by atoms with Crippen LogP contribution in [0.2, 0.25) is 0 Å². The van der Waals surface area contributed by atoms with E-state index in [2.05, 4.69) is 17.7 Å². The Kier molecular flexibility index (Phi) is 4.97. The average Bonchev–Trinajstić information content (AvgIpc) is 2.99. The van der Waals surface area contributed by atoms with Crippen molar-refractivity contribution in [1.29, 1.82) is 0 Å². The van der Waals surface area contributed by atoms with Crippen LogP contribution in [-0.2, 0) is 6.61 Å². The Hall–Kier alpha value is -3.35. The number of urea groups is 1. The normalized spacial score (nSPS) is 14.6. The van der Waals surface area contributed by atoms with Gasteiger partial charge in [0.1, 0.15) is 12.4 Å². The molecular weight excluding hydrogens is 352 g/mol. The molecule has 0 unspecified atom stereocenters. The number of hydrazine groups is 3. The van der Waals surface area contributed by atoms with E-state index in [-0.39, 0.29) is 6.03 Å². The summed E-state index contributed by atoms with van der Waals surface area (Å²) in [5.74, 6) is 0.783. The maximum absolute atomic E-state index is 12.4. The third-order valence-electron chi connectivity index (χ3n) is 4.64. The van der Waals surface area contributed by atoms with Crippen molar-refractivity contribution in [2.24, 2.45) is 0 Å². The molecule has 0 radical (unpaired) electrons. The molecule has 142 valence electrons. The van der Waals surface area contributed by atoms with E-state index in [4.69, 9.17) is 4.74 Å². The zero-order valence-corrected chi connectivity index (χ0v) is 15.9. The van der Waals surface area contributed by atoms with Gasteiger partial charge in [0.05, 0.1) is 5.69 Å². The number of carbonyl (C=O) groups excluding carboxylic acids is 1. The Bertz CT molecular complexity index is 960. The van der Waals surface area contributed by atoms with Gasteiger partial charge in [0.15, 0.2) is 0 Å². The summed E-state index contributed by atoms with van der Waals surface area (Å²) in [5.41, 5.74) is 6.97. The van der Waals surface area contributed by atoms with E-state index in [1.807, 2.05) is 66.7 Å². The highest BCUT2D eigenvalue weighted by Crippen LogP contribution is 2.27. The summed E-state index contributed by atoms with van der Waals surface area (Å²) in [6.45, 7) is 0.363. The minimum Gasteiger partial charge on any atom is -0.489 e. The van der Waals surface area contributed by atoms with Crippen molar-refractivity contribution < 1.29 is 9.53 Å². The first-order chi connectivity index (χ1) is 13.6. The van der Waals surface area contributed by atoms with E-state index in [0.717, 1.165) is 22.6 Å². The minimum atomic E-state index is -0.151. The van der Waals surface area contributed by atoms with Crippen molar-refractivity contribution in [1.82, 2.24) is 15.7 Å². The van der Waals surface area contributed by atoms with Crippen molar-refractivity contribution in [2.75, 3.05) is 19.1 Å². The summed E-state index contributed by atoms with van der Waals surface area (Å²) >= 11 is 0. The number of nitrogens with one attached hydrogen (secondary N) is 1. The van der Waals surface area contributed by atoms with Gasteiger partial charge in [-0.3, -0.25) is 0 Å². The van der Waals surface area contributed by atoms with Gasteiger partial charge in [-0.1, -0.05) is 60.7 Å². The van der Waals surface area contributed by atoms with Gasteiger partial charge < -0.3 is 4.74 Å². The van der Waals surface area contributed by atoms with E-state index in [9.17, 15) is 4.79 Å². The molecule has 6 nitrogen and oxygen atoms in total. The second-order valence-corrected chi connectivity index (χ2v) is 6.58. The smallest absolute Gasteiger partial charge is 0.355 e. The molecule has 2 amide bonds. The summed E-state index contributed by atoms with van der Waals surface area (Å²) in [6.07, 6.45) is 0. The lowest BCUT2D eigenvalue weighted by molar-refractivity contribution is 0.167. The van der Waals surface area contributed by atoms with Crippen LogP contribution in [0.1, 0.15) is 5.56 Å². The number of amides is 2. The summed E-state index contributed by atoms with van der Waals surface area (Å²) in [7, 11) is 3.48. The first-order valence-corrected chi connectivity index (χ1v) is 9.07. The molecule has 6 heteroatoms. The Morgan fingerprint density at radius 1 is 0.821 bits per heavy atom. The van der Waals surface area contributed by atoms with E-state index in [1.54, 1.807) is 24.2 Å². The summed E-state index contributed by atoms with van der Waals surface area (Å²) in [6, 6.07) is 25.8. The Morgan fingerprint density at radius 3 is 2.14 bits per heavy atom. The topological polar surface area (TPSA) is 48.0 Å².